The van der Waals surface area contributed by atoms with Gasteiger partial charge in [0.15, 0.2) is 0 Å². The summed E-state index contributed by atoms with van der Waals surface area (Å²) in [5.74, 6) is 11.7. The Morgan fingerprint density at radius 3 is 1.02 bits per heavy atom. The van der Waals surface area contributed by atoms with E-state index in [0.717, 1.165) is 219 Å². The van der Waals surface area contributed by atoms with Crippen LogP contribution < -0.4 is 56.8 Å². The lowest BCUT2D eigenvalue weighted by Gasteiger charge is -2.32. The lowest BCUT2D eigenvalue weighted by atomic mass is 9.78. The second-order valence-corrected chi connectivity index (χ2v) is 32.9. The number of fused-ring (bicyclic) bond motifs is 15. The fourth-order valence-corrected chi connectivity index (χ4v) is 18.7. The van der Waals surface area contributed by atoms with Crippen molar-refractivity contribution < 1.29 is 75.8 Å². The van der Waals surface area contributed by atoms with Gasteiger partial charge in [0, 0.05) is 92.7 Å². The van der Waals surface area contributed by atoms with Crippen molar-refractivity contribution in [1.29, 1.82) is 0 Å². The maximum absolute atomic E-state index is 10.7. The van der Waals surface area contributed by atoms with Gasteiger partial charge in [-0.05, 0) is 275 Å². The highest BCUT2D eigenvalue weighted by Gasteiger charge is 2.39. The van der Waals surface area contributed by atoms with E-state index in [1.807, 2.05) is 81.4 Å². The Morgan fingerprint density at radius 2 is 0.645 bits per heavy atom. The predicted octanol–water partition coefficient (Wildman–Crippen LogP) is 26.7. The summed E-state index contributed by atoms with van der Waals surface area (Å²) in [6, 6.07) is 91.7. The van der Waals surface area contributed by atoms with Crippen LogP contribution in [0.15, 0.2) is 267 Å². The van der Waals surface area contributed by atoms with Crippen molar-refractivity contribution >= 4 is 116 Å². The molecule has 0 aliphatic carbocycles. The van der Waals surface area contributed by atoms with Gasteiger partial charge >= 0.3 is 5.97 Å². The maximum atomic E-state index is 10.7. The van der Waals surface area contributed by atoms with Crippen LogP contribution in [-0.2, 0) is 19.0 Å². The molecule has 0 saturated carbocycles. The van der Waals surface area contributed by atoms with E-state index < -0.39 is 5.60 Å². The van der Waals surface area contributed by atoms with Gasteiger partial charge in [0.25, 0.3) is 0 Å². The van der Waals surface area contributed by atoms with E-state index in [4.69, 9.17) is 61.6 Å². The van der Waals surface area contributed by atoms with Gasteiger partial charge in [-0.3, -0.25) is 0 Å². The van der Waals surface area contributed by atoms with Gasteiger partial charge in [-0.2, -0.15) is 0 Å². The van der Waals surface area contributed by atoms with E-state index in [0.29, 0.717) is 0 Å². The summed E-state index contributed by atoms with van der Waals surface area (Å²) < 4.78 is 87.5. The normalized spacial score (nSPS) is 13.5. The van der Waals surface area contributed by atoms with Crippen LogP contribution in [-0.4, -0.2) is 103 Å². The number of carbonyl (C=O) groups is 1. The molecule has 632 valence electrons. The molecule has 0 radical (unpaired) electrons. The Kier molecular flexibility index (Phi) is 27.3. The second-order valence-electron chi connectivity index (χ2n) is 30.5. The Labute approximate surface area is 750 Å². The van der Waals surface area contributed by atoms with Crippen molar-refractivity contribution in [2.75, 3.05) is 91.9 Å². The Bertz CT molecular complexity index is 6620. The van der Waals surface area contributed by atoms with Crippen molar-refractivity contribution in [3.63, 3.8) is 0 Å². The van der Waals surface area contributed by atoms with Gasteiger partial charge < -0.3 is 71.1 Å². The van der Waals surface area contributed by atoms with E-state index in [1.54, 1.807) is 78.2 Å². The molecule has 0 fully saturated rings. The molecule has 0 N–H and O–H groups in total. The molecule has 19 rings (SSSR count). The lowest BCUT2D eigenvalue weighted by Crippen LogP contribution is -2.26. The molecular weight excluding hydrogens is 1780 g/mol. The largest absolute Gasteiger partial charge is 0.497 e. The predicted molar refractivity (Wildman–Crippen MR) is 513 cm³/mol. The number of carbonyl (C=O) groups excluding carboxylic acids is 1. The van der Waals surface area contributed by atoms with Crippen LogP contribution in [0.4, 0.5) is 0 Å². The van der Waals surface area contributed by atoms with Crippen LogP contribution in [0.3, 0.4) is 0 Å². The molecule has 0 spiro atoms. The molecular formula is C106H98I2O16. The molecule has 0 aromatic heterocycles. The maximum Gasteiger partial charge on any atom is 0.332 e. The molecule has 3 heterocycles. The molecule has 16 aromatic carbocycles. The molecule has 16 aromatic rings. The van der Waals surface area contributed by atoms with Crippen LogP contribution in [0.2, 0.25) is 0 Å². The summed E-state index contributed by atoms with van der Waals surface area (Å²) in [6.07, 6.45) is 0. The van der Waals surface area contributed by atoms with Crippen molar-refractivity contribution in [3.8, 4) is 97.4 Å². The van der Waals surface area contributed by atoms with Crippen LogP contribution in [0.1, 0.15) is 96.0 Å². The first kappa shape index (κ1) is 87.9. The van der Waals surface area contributed by atoms with Gasteiger partial charge in [0.2, 0.25) is 0 Å². The third-order valence-electron chi connectivity index (χ3n) is 22.1. The van der Waals surface area contributed by atoms with E-state index in [9.17, 15) is 4.79 Å². The summed E-state index contributed by atoms with van der Waals surface area (Å²) >= 11 is 4.76. The lowest BCUT2D eigenvalue weighted by molar-refractivity contribution is -0.159. The standard InChI is InChI=1S/C36H28O4.C30H22I2O4.C30H24O4.C7H14O3.C2H6O.CH4/c1-37-26-14-9-23-12-17-31(39-3)34(29(23)20-26)36-28-16-11-25(22-7-5-4-6-8-22)19-33(28)40-32-18-13-24-10-15-27(38-2)21-30(24)35(32)36;1-33-19-8-4-16-6-10-25(35-3)27(21(16)14-19)29-23-12-18(31)13-24(32)30(23)36-26-11-7-17-5-9-20(34-2)15-22(17)28(26)29;1-31-20-12-8-18-10-14-26(33-3)28(23(18)16-20)30-22-6-4-5-7-25(22)34-27-15-11-19-9-13-21(32-2)17-24(19)29(27)30;1-7(2,3)10-6(8)5-9-4;1-3-2;/h4-21,36H,1-3H3;4-15,29H,1-3H3;4-17,30H,1-3H3;5H2,1-4H3;1-2H3;1H4. The molecule has 0 saturated heterocycles. The Hall–Kier alpha value is -12.5. The highest BCUT2D eigenvalue weighted by molar-refractivity contribution is 14.1. The molecule has 3 aliphatic heterocycles. The van der Waals surface area contributed by atoms with E-state index in [-0.39, 0.29) is 37.8 Å². The fourth-order valence-electron chi connectivity index (χ4n) is 16.7. The average Bonchev–Trinajstić information content (AvgIpc) is 0.729. The molecule has 18 heteroatoms. The number of ether oxygens (including phenoxy) is 15. The highest BCUT2D eigenvalue weighted by Crippen LogP contribution is 2.59. The van der Waals surface area contributed by atoms with Crippen molar-refractivity contribution in [2.45, 2.75) is 51.6 Å². The number of benzene rings is 16. The monoisotopic (exact) mass is 1880 g/mol. The summed E-state index contributed by atoms with van der Waals surface area (Å²) in [7, 11) is 20.1. The van der Waals surface area contributed by atoms with Crippen LogP contribution in [0, 0.1) is 7.14 Å². The number of halogens is 2. The zero-order valence-corrected chi connectivity index (χ0v) is 75.4. The SMILES string of the molecule is C.COC.COCC(=O)OC(C)(C)C.COc1ccc2ccc(OC)c(C3c4cc(I)cc(I)c4Oc4ccc5ccc(OC)cc5c43)c2c1.COc1ccc2ccc(OC)c(C3c4ccc(-c5ccccc5)cc4Oc4ccc5ccc(OC)cc5c43)c2c1.COc1ccc2ccc(OC)c(C3c4ccccc4Oc4ccc5ccc(OC)cc5c43)c2c1. The minimum Gasteiger partial charge on any atom is -0.497 e. The van der Waals surface area contributed by atoms with Crippen LogP contribution in [0.5, 0.6) is 86.2 Å². The summed E-state index contributed by atoms with van der Waals surface area (Å²) in [4.78, 5) is 10.7. The topological polar surface area (TPSA) is 156 Å². The summed E-state index contributed by atoms with van der Waals surface area (Å²) in [5.41, 5.74) is 11.7. The third kappa shape index (κ3) is 17.8. The van der Waals surface area contributed by atoms with Gasteiger partial charge in [0.1, 0.15) is 98.5 Å². The number of hydrogen-bond acceptors (Lipinski definition) is 16. The molecule has 3 atom stereocenters. The highest BCUT2D eigenvalue weighted by atomic mass is 127. The van der Waals surface area contributed by atoms with E-state index >= 15 is 0 Å². The minimum atomic E-state index is -0.407. The smallest absolute Gasteiger partial charge is 0.332 e. The second kappa shape index (κ2) is 38.5. The number of rotatable bonds is 15. The summed E-state index contributed by atoms with van der Waals surface area (Å²) in [6.45, 7) is 5.49. The zero-order valence-electron chi connectivity index (χ0n) is 71.1. The molecule has 124 heavy (non-hydrogen) atoms. The molecule has 16 nitrogen and oxygen atoms in total. The average molecular weight is 1880 g/mol. The van der Waals surface area contributed by atoms with E-state index in [1.165, 1.54) is 7.11 Å². The number of methoxy groups -OCH3 is 11. The molecule has 3 unspecified atom stereocenters. The fraction of sp³-hybridized carbons (Fsp3) is 0.198. The first-order valence-corrected chi connectivity index (χ1v) is 42.1. The van der Waals surface area contributed by atoms with Crippen molar-refractivity contribution in [2.24, 2.45) is 0 Å². The molecule has 0 bridgehead atoms. The Morgan fingerprint density at radius 1 is 0.315 bits per heavy atom. The first-order valence-electron chi connectivity index (χ1n) is 40.0. The summed E-state index contributed by atoms with van der Waals surface area (Å²) in [5, 5.41) is 13.3. The van der Waals surface area contributed by atoms with Crippen LogP contribution in [0.25, 0.3) is 75.8 Å². The van der Waals surface area contributed by atoms with Gasteiger partial charge in [-0.15, -0.1) is 0 Å². The number of para-hydroxylation sites is 1. The number of esters is 1. The first-order chi connectivity index (χ1) is 59.8. The van der Waals surface area contributed by atoms with Gasteiger partial charge in [-0.1, -0.05) is 141 Å². The van der Waals surface area contributed by atoms with E-state index in [2.05, 4.69) is 261 Å². The van der Waals surface area contributed by atoms with Crippen molar-refractivity contribution in [3.05, 3.63) is 324 Å². The van der Waals surface area contributed by atoms with Crippen LogP contribution >= 0.6 is 45.2 Å². The quantitative estimate of drug-likeness (QED) is 0.0705. The van der Waals surface area contributed by atoms with Gasteiger partial charge in [-0.25, -0.2) is 4.79 Å². The number of hydrogen-bond donors (Lipinski definition) is 0. The minimum absolute atomic E-state index is 0. The molecule has 0 amide bonds. The molecule has 3 aliphatic rings. The zero-order chi connectivity index (χ0) is 86.3. The van der Waals surface area contributed by atoms with Crippen molar-refractivity contribution in [1.82, 2.24) is 0 Å². The Balaban J connectivity index is 0.000000141. The third-order valence-corrected chi connectivity index (χ3v) is 23.5. The van der Waals surface area contributed by atoms with Gasteiger partial charge in [0.05, 0.1) is 67.6 Å².